The van der Waals surface area contributed by atoms with Crippen LogP contribution >= 0.6 is 0 Å². The summed E-state index contributed by atoms with van der Waals surface area (Å²) in [4.78, 5) is 11.2. The molecule has 3 N–H and O–H groups in total. The van der Waals surface area contributed by atoms with E-state index in [1.165, 1.54) is 143 Å². The van der Waals surface area contributed by atoms with E-state index in [4.69, 9.17) is 28.4 Å². The van der Waals surface area contributed by atoms with Gasteiger partial charge < -0.3 is 44.4 Å². The number of ketones is 1. The van der Waals surface area contributed by atoms with Crippen LogP contribution in [0.5, 0.6) is 34.5 Å². The van der Waals surface area contributed by atoms with Crippen LogP contribution in [-0.4, -0.2) is 64.1 Å². The summed E-state index contributed by atoms with van der Waals surface area (Å²) in [6.07, 6.45) is 22.0. The van der Waals surface area contributed by atoms with Crippen molar-refractivity contribution in [1.29, 1.82) is 0 Å². The van der Waals surface area contributed by atoms with Crippen LogP contribution in [-0.2, 0) is 101 Å². The quantitative estimate of drug-likeness (QED) is 0.0865. The second-order valence-corrected chi connectivity index (χ2v) is 36.7. The highest BCUT2D eigenvalue weighted by molar-refractivity contribution is 5.84. The maximum absolute atomic E-state index is 11.2. The van der Waals surface area contributed by atoms with Gasteiger partial charge in [-0.15, -0.1) is 0 Å². The van der Waals surface area contributed by atoms with Gasteiger partial charge in [0.15, 0.2) is 5.78 Å². The zero-order valence-electron chi connectivity index (χ0n) is 72.9. The summed E-state index contributed by atoms with van der Waals surface area (Å²) in [5, 5.41) is 10.3. The van der Waals surface area contributed by atoms with Crippen LogP contribution in [0, 0.1) is 47.3 Å². The number of carbonyl (C=O) groups excluding carboxylic acids is 1. The van der Waals surface area contributed by atoms with Gasteiger partial charge in [0.05, 0.1) is 37.7 Å². The van der Waals surface area contributed by atoms with Crippen molar-refractivity contribution in [3.05, 3.63) is 229 Å². The van der Waals surface area contributed by atoms with Crippen LogP contribution < -0.4 is 44.4 Å². The summed E-state index contributed by atoms with van der Waals surface area (Å²) in [6.45, 7) is 46.8. The summed E-state index contributed by atoms with van der Waals surface area (Å²) in [5.41, 5.74) is 24.8. The molecule has 10 heteroatoms. The Bertz CT molecular complexity index is 3930. The number of rotatable bonds is 16. The van der Waals surface area contributed by atoms with Gasteiger partial charge in [-0.2, -0.15) is 0 Å². The Morgan fingerprint density at radius 3 is 1.19 bits per heavy atom. The Morgan fingerprint density at radius 2 is 0.655 bits per heavy atom. The molecule has 0 fully saturated rings. The lowest BCUT2D eigenvalue weighted by Crippen LogP contribution is -2.40. The van der Waals surface area contributed by atoms with Gasteiger partial charge in [0.2, 0.25) is 0 Å². The first-order valence-electron chi connectivity index (χ1n) is 43.7. The maximum Gasteiger partial charge on any atom is 0.174 e. The fourth-order valence-corrected chi connectivity index (χ4v) is 15.9. The van der Waals surface area contributed by atoms with Crippen molar-refractivity contribution < 1.29 is 33.2 Å². The molecule has 0 saturated heterocycles. The monoisotopic (exact) mass is 1530 g/mol. The second kappa shape index (κ2) is 44.5. The molecule has 8 aromatic rings. The third kappa shape index (κ3) is 30.4. The Morgan fingerprint density at radius 1 is 0.292 bits per heavy atom. The first-order chi connectivity index (χ1) is 54.1. The number of nitrogens with one attached hydrogen (secondary N) is 3. The largest absolute Gasteiger partial charge is 0.493 e. The molecule has 0 saturated carbocycles. The number of benzene rings is 8. The smallest absolute Gasteiger partial charge is 0.174 e. The summed E-state index contributed by atoms with van der Waals surface area (Å²) >= 11 is 0. The maximum atomic E-state index is 11.2. The third-order valence-electron chi connectivity index (χ3n) is 20.9. The molecular weight excluding hydrogens is 1390 g/mol. The summed E-state index contributed by atoms with van der Waals surface area (Å²) in [6, 6.07) is 53.0. The molecule has 10 nitrogen and oxygen atoms in total. The zero-order chi connectivity index (χ0) is 81.0. The molecule has 612 valence electrons. The first kappa shape index (κ1) is 88.6. The van der Waals surface area contributed by atoms with Crippen molar-refractivity contribution in [1.82, 2.24) is 0 Å². The molecule has 16 rings (SSSR count). The number of carbonyl (C=O) groups is 1. The molecule has 0 radical (unpaired) electrons. The highest BCUT2D eigenvalue weighted by atomic mass is 16.5. The minimum absolute atomic E-state index is 0.105. The van der Waals surface area contributed by atoms with Crippen LogP contribution in [0.4, 0.5) is 17.1 Å². The van der Waals surface area contributed by atoms with E-state index < -0.39 is 0 Å². The van der Waals surface area contributed by atoms with Crippen molar-refractivity contribution in [2.45, 2.75) is 252 Å². The van der Waals surface area contributed by atoms with Crippen LogP contribution in [0.2, 0.25) is 0 Å². The standard InChI is InChI=1S/C14H21NO.C13H19N.C13H16O2.2C13H18O.C13H18.C12H17NO.C12H16O/c1-10(2)7-11-5-6-13-12(8-11)15-9-14(3,4)16-13;1-10(2)8-11-5-6-12-4-3-7-14-13(12)9-11;1-9(2)5-10-3-4-11-7-12(14)8-15-13(11)6-10;1-10(2)8-11-5-6-13-12(9-11)4-3-7-14-13;1-10(2)8-11-5-6-12-4-3-7-14-13(12)9-11;1-10(2)8-11-6-7-12-4-3-5-13(12)9-11;1-9(2)7-10-3-4-12-11(8-10)13-5-6-14-12;1-9(2)7-10-3-4-12-11(8-10)5-6-13-12/h5-6,8,10,15H,7,9H2,1-4H3;5-6,9-10,14H,3-4,7-8H2,1-2H3;3-4,6,9H,5,7-8H2,1-2H3;2*5-6,9-10H,3-4,7-8H2,1-2H3;6-7,9-10H,3-5,8H2,1-2H3;3-4,8-9,13H,5-7H2,1-2H3;3-4,8-9H,5-7H2,1-2H3. The van der Waals surface area contributed by atoms with Gasteiger partial charge in [0.1, 0.15) is 53.3 Å². The molecule has 1 aliphatic carbocycles. The van der Waals surface area contributed by atoms with Crippen LogP contribution in [0.15, 0.2) is 146 Å². The molecule has 113 heavy (non-hydrogen) atoms. The van der Waals surface area contributed by atoms with Crippen molar-refractivity contribution in [3.8, 4) is 34.5 Å². The van der Waals surface area contributed by atoms with E-state index >= 15 is 0 Å². The SMILES string of the molecule is CC(C)Cc1ccc2c(c1)CCC2.CC(C)Cc1ccc2c(c1)CCCO2.CC(C)Cc1ccc2c(c1)CCO2.CC(C)Cc1ccc2c(c1)NCC(C)(C)O2.CC(C)Cc1ccc2c(c1)NCCC2.CC(C)Cc1ccc2c(c1)NCCO2.CC(C)Cc1ccc2c(c1)OCC(=O)C2.CC(C)Cc1ccc2c(c1)OCCC2. The van der Waals surface area contributed by atoms with E-state index in [2.05, 4.69) is 280 Å². The van der Waals surface area contributed by atoms with Crippen molar-refractivity contribution in [3.63, 3.8) is 0 Å². The van der Waals surface area contributed by atoms with Crippen LogP contribution in [0.25, 0.3) is 0 Å². The summed E-state index contributed by atoms with van der Waals surface area (Å²) in [5.74, 6) is 12.1. The van der Waals surface area contributed by atoms with Crippen LogP contribution in [0.1, 0.15) is 234 Å². The van der Waals surface area contributed by atoms with Gasteiger partial charge in [0, 0.05) is 37.2 Å². The summed E-state index contributed by atoms with van der Waals surface area (Å²) < 4.78 is 33.5. The minimum Gasteiger partial charge on any atom is -0.493 e. The number of hydrogen-bond acceptors (Lipinski definition) is 10. The predicted octanol–water partition coefficient (Wildman–Crippen LogP) is 24.4. The zero-order valence-corrected chi connectivity index (χ0v) is 72.9. The Labute approximate surface area is 683 Å². The first-order valence-corrected chi connectivity index (χ1v) is 43.7. The number of Topliss-reactive ketones (excluding diaryl/α,β-unsaturated/α-hetero) is 1. The number of ether oxygens (including phenoxy) is 6. The minimum atomic E-state index is -0.105. The predicted molar refractivity (Wildman–Crippen MR) is 477 cm³/mol. The highest BCUT2D eigenvalue weighted by Crippen LogP contribution is 2.36. The molecule has 0 amide bonds. The Balaban J connectivity index is 0.000000148. The molecule has 0 spiro atoms. The third-order valence-corrected chi connectivity index (χ3v) is 20.9. The van der Waals surface area contributed by atoms with E-state index in [1.54, 1.807) is 11.1 Å². The van der Waals surface area contributed by atoms with E-state index in [0.29, 0.717) is 24.2 Å². The molecule has 0 unspecified atom stereocenters. The molecular formula is C103H143N3O7. The number of anilines is 3. The number of fused-ring (bicyclic) bond motifs is 8. The van der Waals surface area contributed by atoms with Gasteiger partial charge in [-0.25, -0.2) is 0 Å². The van der Waals surface area contributed by atoms with Gasteiger partial charge in [-0.1, -0.05) is 202 Å². The van der Waals surface area contributed by atoms with E-state index in [1.807, 2.05) is 6.07 Å². The lowest BCUT2D eigenvalue weighted by Gasteiger charge is -2.33. The lowest BCUT2D eigenvalue weighted by atomic mass is 9.97. The molecule has 7 aliphatic heterocycles. The Kier molecular flexibility index (Phi) is 34.9. The van der Waals surface area contributed by atoms with Crippen LogP contribution in [0.3, 0.4) is 0 Å². The number of hydrogen-bond donors (Lipinski definition) is 3. The number of aryl methyl sites for hydroxylation is 5. The molecule has 0 atom stereocenters. The Hall–Kier alpha value is -8.37. The summed E-state index contributed by atoms with van der Waals surface area (Å²) in [7, 11) is 0. The molecule has 0 bridgehead atoms. The fourth-order valence-electron chi connectivity index (χ4n) is 15.9. The fraction of sp³-hybridized carbons (Fsp3) is 0.524. The van der Waals surface area contributed by atoms with Gasteiger partial charge >= 0.3 is 0 Å². The van der Waals surface area contributed by atoms with Gasteiger partial charge in [-0.05, 0) is 303 Å². The van der Waals surface area contributed by atoms with E-state index in [-0.39, 0.29) is 18.0 Å². The second-order valence-electron chi connectivity index (χ2n) is 36.7. The molecule has 8 aromatic carbocycles. The lowest BCUT2D eigenvalue weighted by molar-refractivity contribution is -0.121. The van der Waals surface area contributed by atoms with Gasteiger partial charge in [0.25, 0.3) is 0 Å². The molecule has 8 aliphatic rings. The van der Waals surface area contributed by atoms with Crippen molar-refractivity contribution in [2.75, 3.05) is 68.6 Å². The normalized spacial score (nSPS) is 15.3. The molecule has 0 aromatic heterocycles. The van der Waals surface area contributed by atoms with E-state index in [9.17, 15) is 4.79 Å². The van der Waals surface area contributed by atoms with Crippen molar-refractivity contribution >= 4 is 22.8 Å². The van der Waals surface area contributed by atoms with E-state index in [0.717, 1.165) is 172 Å². The molecule has 7 heterocycles. The highest BCUT2D eigenvalue weighted by Gasteiger charge is 2.27. The van der Waals surface area contributed by atoms with Crippen molar-refractivity contribution in [2.24, 2.45) is 47.3 Å². The average molecular weight is 1540 g/mol. The topological polar surface area (TPSA) is 109 Å². The average Bonchev–Trinajstić information content (AvgIpc) is 1.72. The van der Waals surface area contributed by atoms with Gasteiger partial charge in [-0.3, -0.25) is 4.79 Å².